The van der Waals surface area contributed by atoms with Crippen LogP contribution in [0.2, 0.25) is 0 Å². The Morgan fingerprint density at radius 1 is 1.35 bits per heavy atom. The fourth-order valence-electron chi connectivity index (χ4n) is 1.95. The molecule has 2 atom stereocenters. The van der Waals surface area contributed by atoms with Gasteiger partial charge in [-0.2, -0.15) is 0 Å². The summed E-state index contributed by atoms with van der Waals surface area (Å²) in [6, 6.07) is 8.06. The zero-order valence-electron chi connectivity index (χ0n) is 10.1. The predicted octanol–water partition coefficient (Wildman–Crippen LogP) is 4.48. The number of nitrogens with zero attached hydrogens (tertiary/aromatic N) is 1. The highest BCUT2D eigenvalue weighted by molar-refractivity contribution is 9.09. The van der Waals surface area contributed by atoms with Gasteiger partial charge in [-0.3, -0.25) is 4.98 Å². The first kappa shape index (κ1) is 12.4. The molecule has 0 bridgehead atoms. The summed E-state index contributed by atoms with van der Waals surface area (Å²) in [6.45, 7) is 4.28. The van der Waals surface area contributed by atoms with Gasteiger partial charge >= 0.3 is 0 Å². The van der Waals surface area contributed by atoms with Gasteiger partial charge in [0, 0.05) is 29.8 Å². The second kappa shape index (κ2) is 5.50. The van der Waals surface area contributed by atoms with Crippen molar-refractivity contribution in [1.29, 1.82) is 0 Å². The molecule has 3 heteroatoms. The van der Waals surface area contributed by atoms with Crippen molar-refractivity contribution in [2.45, 2.75) is 31.0 Å². The van der Waals surface area contributed by atoms with E-state index in [-0.39, 0.29) is 4.83 Å². The third kappa shape index (κ3) is 2.60. The number of aryl methyl sites for hydroxylation is 1. The Morgan fingerprint density at radius 3 is 2.82 bits per heavy atom. The smallest absolute Gasteiger partial charge is 0.107 e. The highest BCUT2D eigenvalue weighted by Crippen LogP contribution is 2.38. The van der Waals surface area contributed by atoms with Crippen molar-refractivity contribution in [3.05, 3.63) is 53.7 Å². The zero-order valence-corrected chi connectivity index (χ0v) is 11.6. The lowest BCUT2D eigenvalue weighted by atomic mass is 9.97. The van der Waals surface area contributed by atoms with E-state index in [0.29, 0.717) is 5.92 Å². The Bertz CT molecular complexity index is 466. The molecule has 2 rings (SSSR count). The maximum Gasteiger partial charge on any atom is 0.107 e. The number of aromatic nitrogens is 1. The molecule has 0 amide bonds. The minimum atomic E-state index is 0.242. The molecular weight excluding hydrogens is 278 g/mol. The molecule has 0 spiro atoms. The van der Waals surface area contributed by atoms with Gasteiger partial charge in [0.15, 0.2) is 0 Å². The standard InChI is InChI=1S/C14H16BrNO/c1-3-13-11(7-9-17-13)14(15)10(2)12-6-4-5-8-16-12/h4-10,14H,3H2,1-2H3. The molecule has 2 aromatic heterocycles. The maximum atomic E-state index is 5.47. The Hall–Kier alpha value is -1.09. The number of hydrogen-bond acceptors (Lipinski definition) is 2. The van der Waals surface area contributed by atoms with Crippen LogP contribution >= 0.6 is 15.9 Å². The SMILES string of the molecule is CCc1occc1C(Br)C(C)c1ccccn1. The van der Waals surface area contributed by atoms with E-state index in [0.717, 1.165) is 17.9 Å². The van der Waals surface area contributed by atoms with Gasteiger partial charge in [0.2, 0.25) is 0 Å². The minimum absolute atomic E-state index is 0.242. The molecule has 2 aromatic rings. The number of pyridine rings is 1. The lowest BCUT2D eigenvalue weighted by molar-refractivity contribution is 0.508. The molecule has 0 aromatic carbocycles. The van der Waals surface area contributed by atoms with E-state index in [1.54, 1.807) is 6.26 Å². The molecule has 0 N–H and O–H groups in total. The second-order valence-electron chi connectivity index (χ2n) is 4.10. The predicted molar refractivity (Wildman–Crippen MR) is 72.4 cm³/mol. The van der Waals surface area contributed by atoms with Crippen LogP contribution in [0.15, 0.2) is 41.1 Å². The van der Waals surface area contributed by atoms with Crippen molar-refractivity contribution in [3.8, 4) is 0 Å². The molecule has 0 radical (unpaired) electrons. The Balaban J connectivity index is 2.23. The minimum Gasteiger partial charge on any atom is -0.469 e. The summed E-state index contributed by atoms with van der Waals surface area (Å²) in [5.74, 6) is 1.37. The fourth-order valence-corrected chi connectivity index (χ4v) is 2.63. The second-order valence-corrected chi connectivity index (χ2v) is 5.08. The molecule has 17 heavy (non-hydrogen) atoms. The van der Waals surface area contributed by atoms with Crippen molar-refractivity contribution < 1.29 is 4.42 Å². The summed E-state index contributed by atoms with van der Waals surface area (Å²) < 4.78 is 5.47. The van der Waals surface area contributed by atoms with Crippen LogP contribution in [0.1, 0.15) is 41.6 Å². The summed E-state index contributed by atoms with van der Waals surface area (Å²) in [4.78, 5) is 4.65. The van der Waals surface area contributed by atoms with E-state index in [1.807, 2.05) is 24.4 Å². The van der Waals surface area contributed by atoms with Gasteiger partial charge in [0.05, 0.1) is 11.1 Å². The molecule has 2 heterocycles. The largest absolute Gasteiger partial charge is 0.469 e. The third-order valence-electron chi connectivity index (χ3n) is 2.99. The first-order valence-corrected chi connectivity index (χ1v) is 6.76. The van der Waals surface area contributed by atoms with Crippen molar-refractivity contribution in [2.75, 3.05) is 0 Å². The van der Waals surface area contributed by atoms with Gasteiger partial charge in [-0.15, -0.1) is 0 Å². The Kier molecular flexibility index (Phi) is 4.00. The first-order valence-electron chi connectivity index (χ1n) is 5.85. The van der Waals surface area contributed by atoms with Crippen molar-refractivity contribution in [3.63, 3.8) is 0 Å². The number of rotatable bonds is 4. The van der Waals surface area contributed by atoms with Gasteiger partial charge in [-0.1, -0.05) is 35.8 Å². The van der Waals surface area contributed by atoms with Crippen LogP contribution < -0.4 is 0 Å². The molecule has 2 nitrogen and oxygen atoms in total. The molecule has 0 saturated heterocycles. The molecular formula is C14H16BrNO. The molecule has 0 aliphatic heterocycles. The summed E-state index contributed by atoms with van der Waals surface area (Å²) in [5, 5.41) is 0. The van der Waals surface area contributed by atoms with Crippen molar-refractivity contribution in [1.82, 2.24) is 4.98 Å². The number of halogens is 1. The summed E-state index contributed by atoms with van der Waals surface area (Å²) >= 11 is 3.76. The molecule has 0 aliphatic rings. The highest BCUT2D eigenvalue weighted by Gasteiger charge is 2.22. The topological polar surface area (TPSA) is 26.0 Å². The van der Waals surface area contributed by atoms with Gasteiger partial charge in [0.1, 0.15) is 5.76 Å². The monoisotopic (exact) mass is 293 g/mol. The highest BCUT2D eigenvalue weighted by atomic mass is 79.9. The number of hydrogen-bond donors (Lipinski definition) is 0. The summed E-state index contributed by atoms with van der Waals surface area (Å²) in [6.07, 6.45) is 4.51. The van der Waals surface area contributed by atoms with Crippen LogP contribution in [0.3, 0.4) is 0 Å². The average Bonchev–Trinajstić information content (AvgIpc) is 2.86. The van der Waals surface area contributed by atoms with E-state index < -0.39 is 0 Å². The van der Waals surface area contributed by atoms with E-state index in [2.05, 4.69) is 40.8 Å². The Labute approximate surface area is 110 Å². The van der Waals surface area contributed by atoms with Gasteiger partial charge in [-0.05, 0) is 18.2 Å². The van der Waals surface area contributed by atoms with E-state index in [9.17, 15) is 0 Å². The fraction of sp³-hybridized carbons (Fsp3) is 0.357. The van der Waals surface area contributed by atoms with Crippen LogP contribution in [-0.4, -0.2) is 4.98 Å². The van der Waals surface area contributed by atoms with E-state index in [4.69, 9.17) is 4.42 Å². The number of furan rings is 1. The maximum absolute atomic E-state index is 5.47. The molecule has 0 fully saturated rings. The quantitative estimate of drug-likeness (QED) is 0.777. The van der Waals surface area contributed by atoms with Crippen LogP contribution in [0.5, 0.6) is 0 Å². The lowest BCUT2D eigenvalue weighted by Crippen LogP contribution is -2.04. The van der Waals surface area contributed by atoms with Crippen molar-refractivity contribution in [2.24, 2.45) is 0 Å². The van der Waals surface area contributed by atoms with Gasteiger partial charge in [0.25, 0.3) is 0 Å². The van der Waals surface area contributed by atoms with Crippen LogP contribution in [0.4, 0.5) is 0 Å². The van der Waals surface area contributed by atoms with Crippen LogP contribution in [-0.2, 0) is 6.42 Å². The van der Waals surface area contributed by atoms with Crippen LogP contribution in [0.25, 0.3) is 0 Å². The number of alkyl halides is 1. The van der Waals surface area contributed by atoms with Gasteiger partial charge < -0.3 is 4.42 Å². The lowest BCUT2D eigenvalue weighted by Gasteiger charge is -2.17. The first-order chi connectivity index (χ1) is 8.24. The third-order valence-corrected chi connectivity index (χ3v) is 4.28. The summed E-state index contributed by atoms with van der Waals surface area (Å²) in [7, 11) is 0. The zero-order chi connectivity index (χ0) is 12.3. The van der Waals surface area contributed by atoms with Crippen LogP contribution in [0, 0.1) is 0 Å². The van der Waals surface area contributed by atoms with Crippen molar-refractivity contribution >= 4 is 15.9 Å². The Morgan fingerprint density at radius 2 is 2.18 bits per heavy atom. The van der Waals surface area contributed by atoms with E-state index >= 15 is 0 Å². The molecule has 0 aliphatic carbocycles. The molecule has 0 saturated carbocycles. The van der Waals surface area contributed by atoms with E-state index in [1.165, 1.54) is 5.56 Å². The molecule has 2 unspecified atom stereocenters. The molecule has 90 valence electrons. The summed E-state index contributed by atoms with van der Waals surface area (Å²) in [5.41, 5.74) is 2.32. The van der Waals surface area contributed by atoms with Gasteiger partial charge in [-0.25, -0.2) is 0 Å². The average molecular weight is 294 g/mol. The normalized spacial score (nSPS) is 14.5.